The molecule has 0 unspecified atom stereocenters. The number of hydrogen-bond donors (Lipinski definition) is 0. The molecule has 1 heterocycles. The van der Waals surface area contributed by atoms with Gasteiger partial charge in [-0.15, -0.1) is 11.3 Å². The summed E-state index contributed by atoms with van der Waals surface area (Å²) in [6, 6.07) is 14.2. The standard InChI is InChI=1S/C25H36N2O2S/c1-19-13-14-21(30-19)17-26(16-20-11-9-8-10-12-20)23(29)18-27(25(5,6)7)22(28)15-24(2,3)4/h8-14H,15-18H2,1-7H3. The van der Waals surface area contributed by atoms with E-state index in [1.165, 1.54) is 4.88 Å². The van der Waals surface area contributed by atoms with Crippen molar-refractivity contribution in [3.63, 3.8) is 0 Å². The summed E-state index contributed by atoms with van der Waals surface area (Å²) in [4.78, 5) is 32.4. The van der Waals surface area contributed by atoms with E-state index < -0.39 is 5.54 Å². The number of carbonyl (C=O) groups is 2. The Balaban J connectivity index is 2.24. The van der Waals surface area contributed by atoms with Crippen LogP contribution in [0.2, 0.25) is 0 Å². The van der Waals surface area contributed by atoms with Gasteiger partial charge in [-0.05, 0) is 50.8 Å². The quantitative estimate of drug-likeness (QED) is 0.572. The fraction of sp³-hybridized carbons (Fsp3) is 0.520. The Bertz CT molecular complexity index is 844. The summed E-state index contributed by atoms with van der Waals surface area (Å²) in [5.74, 6) is -0.00271. The minimum atomic E-state index is -0.421. The van der Waals surface area contributed by atoms with E-state index in [0.29, 0.717) is 19.5 Å². The molecule has 30 heavy (non-hydrogen) atoms. The molecule has 0 spiro atoms. The Morgan fingerprint density at radius 1 is 0.867 bits per heavy atom. The van der Waals surface area contributed by atoms with Crippen LogP contribution in [-0.2, 0) is 22.7 Å². The van der Waals surface area contributed by atoms with Crippen molar-refractivity contribution in [3.8, 4) is 0 Å². The van der Waals surface area contributed by atoms with E-state index >= 15 is 0 Å². The molecule has 0 aliphatic carbocycles. The molecule has 0 atom stereocenters. The molecule has 1 aromatic heterocycles. The number of benzene rings is 1. The van der Waals surface area contributed by atoms with E-state index in [0.717, 1.165) is 10.4 Å². The number of nitrogens with zero attached hydrogens (tertiary/aromatic N) is 2. The maximum absolute atomic E-state index is 13.4. The van der Waals surface area contributed by atoms with Gasteiger partial charge >= 0.3 is 0 Å². The first kappa shape index (κ1) is 24.1. The van der Waals surface area contributed by atoms with Crippen molar-refractivity contribution >= 4 is 23.2 Å². The highest BCUT2D eigenvalue weighted by atomic mass is 32.1. The van der Waals surface area contributed by atoms with E-state index in [1.54, 1.807) is 16.2 Å². The minimum absolute atomic E-state index is 0.0231. The molecule has 0 N–H and O–H groups in total. The largest absolute Gasteiger partial charge is 0.332 e. The van der Waals surface area contributed by atoms with Crippen molar-refractivity contribution in [1.82, 2.24) is 9.80 Å². The topological polar surface area (TPSA) is 40.6 Å². The van der Waals surface area contributed by atoms with Crippen molar-refractivity contribution in [3.05, 3.63) is 57.8 Å². The summed E-state index contributed by atoms with van der Waals surface area (Å²) in [5.41, 5.74) is 0.542. The summed E-state index contributed by atoms with van der Waals surface area (Å²) < 4.78 is 0. The van der Waals surface area contributed by atoms with Crippen LogP contribution in [0.5, 0.6) is 0 Å². The Hall–Kier alpha value is -2.14. The normalized spacial score (nSPS) is 12.0. The van der Waals surface area contributed by atoms with Crippen LogP contribution in [0.25, 0.3) is 0 Å². The highest BCUT2D eigenvalue weighted by molar-refractivity contribution is 7.11. The molecule has 0 bridgehead atoms. The monoisotopic (exact) mass is 428 g/mol. The van der Waals surface area contributed by atoms with E-state index in [4.69, 9.17) is 0 Å². The first-order chi connectivity index (χ1) is 13.8. The zero-order valence-electron chi connectivity index (χ0n) is 19.5. The summed E-state index contributed by atoms with van der Waals surface area (Å²) in [5, 5.41) is 0. The Labute approximate surface area is 185 Å². The molecule has 0 aliphatic heterocycles. The van der Waals surface area contributed by atoms with E-state index in [9.17, 15) is 9.59 Å². The number of amides is 2. The maximum atomic E-state index is 13.4. The molecule has 2 aromatic rings. The molecule has 0 saturated carbocycles. The van der Waals surface area contributed by atoms with Gasteiger partial charge in [0.15, 0.2) is 0 Å². The first-order valence-corrected chi connectivity index (χ1v) is 11.3. The molecule has 5 heteroatoms. The fourth-order valence-electron chi connectivity index (χ4n) is 3.28. The lowest BCUT2D eigenvalue weighted by Gasteiger charge is -2.38. The van der Waals surface area contributed by atoms with Crippen molar-refractivity contribution in [2.45, 2.75) is 73.5 Å². The molecule has 0 aliphatic rings. The average molecular weight is 429 g/mol. The van der Waals surface area contributed by atoms with Gasteiger partial charge in [0.2, 0.25) is 11.8 Å². The highest BCUT2D eigenvalue weighted by Crippen LogP contribution is 2.24. The molecule has 4 nitrogen and oxygen atoms in total. The number of rotatable bonds is 7. The third-order valence-electron chi connectivity index (χ3n) is 4.80. The Morgan fingerprint density at radius 3 is 2.00 bits per heavy atom. The van der Waals surface area contributed by atoms with E-state index in [-0.39, 0.29) is 23.8 Å². The smallest absolute Gasteiger partial charge is 0.242 e. The molecule has 0 fully saturated rings. The van der Waals surface area contributed by atoms with Gasteiger partial charge in [0.1, 0.15) is 6.54 Å². The second-order valence-electron chi connectivity index (χ2n) is 10.1. The van der Waals surface area contributed by atoms with Gasteiger partial charge in [-0.1, -0.05) is 51.1 Å². The zero-order chi connectivity index (χ0) is 22.5. The second kappa shape index (κ2) is 9.78. The maximum Gasteiger partial charge on any atom is 0.242 e. The molecule has 164 valence electrons. The van der Waals surface area contributed by atoms with Gasteiger partial charge < -0.3 is 9.80 Å². The molecular weight excluding hydrogens is 392 g/mol. The SMILES string of the molecule is Cc1ccc(CN(Cc2ccccc2)C(=O)CN(C(=O)CC(C)(C)C)C(C)(C)C)s1. The highest BCUT2D eigenvalue weighted by Gasteiger charge is 2.32. The van der Waals surface area contributed by atoms with Crippen molar-refractivity contribution in [2.24, 2.45) is 5.41 Å². The Kier molecular flexibility index (Phi) is 7.87. The van der Waals surface area contributed by atoms with Crippen LogP contribution in [0.1, 0.15) is 63.3 Å². The third kappa shape index (κ3) is 7.60. The lowest BCUT2D eigenvalue weighted by Crippen LogP contribution is -2.51. The van der Waals surface area contributed by atoms with Crippen LogP contribution in [0.3, 0.4) is 0 Å². The minimum Gasteiger partial charge on any atom is -0.332 e. The predicted octanol–water partition coefficient (Wildman–Crippen LogP) is 5.65. The van der Waals surface area contributed by atoms with Crippen LogP contribution in [-0.4, -0.2) is 33.7 Å². The van der Waals surface area contributed by atoms with Crippen LogP contribution < -0.4 is 0 Å². The predicted molar refractivity (Wildman–Crippen MR) is 125 cm³/mol. The summed E-state index contributed by atoms with van der Waals surface area (Å²) in [7, 11) is 0. The van der Waals surface area contributed by atoms with Gasteiger partial charge in [-0.3, -0.25) is 9.59 Å². The molecule has 0 saturated heterocycles. The molecule has 2 rings (SSSR count). The van der Waals surface area contributed by atoms with Crippen LogP contribution in [0.15, 0.2) is 42.5 Å². The molecular formula is C25H36N2O2S. The van der Waals surface area contributed by atoms with Crippen molar-refractivity contribution < 1.29 is 9.59 Å². The van der Waals surface area contributed by atoms with Gasteiger partial charge in [0.25, 0.3) is 0 Å². The van der Waals surface area contributed by atoms with Gasteiger partial charge in [0, 0.05) is 28.3 Å². The summed E-state index contributed by atoms with van der Waals surface area (Å²) in [6.45, 7) is 15.4. The zero-order valence-corrected chi connectivity index (χ0v) is 20.3. The third-order valence-corrected chi connectivity index (χ3v) is 5.78. The van der Waals surface area contributed by atoms with Crippen LogP contribution >= 0.6 is 11.3 Å². The summed E-state index contributed by atoms with van der Waals surface area (Å²) >= 11 is 1.71. The van der Waals surface area contributed by atoms with Crippen LogP contribution in [0, 0.1) is 12.3 Å². The van der Waals surface area contributed by atoms with Crippen molar-refractivity contribution in [1.29, 1.82) is 0 Å². The summed E-state index contributed by atoms with van der Waals surface area (Å²) in [6.07, 6.45) is 0.417. The first-order valence-electron chi connectivity index (χ1n) is 10.5. The molecule has 0 radical (unpaired) electrons. The lowest BCUT2D eigenvalue weighted by molar-refractivity contribution is -0.146. The number of aryl methyl sites for hydroxylation is 1. The number of hydrogen-bond acceptors (Lipinski definition) is 3. The van der Waals surface area contributed by atoms with E-state index in [1.807, 2.05) is 76.8 Å². The van der Waals surface area contributed by atoms with E-state index in [2.05, 4.69) is 19.1 Å². The van der Waals surface area contributed by atoms with Crippen LogP contribution in [0.4, 0.5) is 0 Å². The molecule has 1 aromatic carbocycles. The fourth-order valence-corrected chi connectivity index (χ4v) is 4.18. The lowest BCUT2D eigenvalue weighted by atomic mass is 9.90. The van der Waals surface area contributed by atoms with Gasteiger partial charge in [-0.25, -0.2) is 0 Å². The molecule has 2 amide bonds. The van der Waals surface area contributed by atoms with Gasteiger partial charge in [0.05, 0.1) is 6.54 Å². The number of thiophene rings is 1. The van der Waals surface area contributed by atoms with Gasteiger partial charge in [-0.2, -0.15) is 0 Å². The second-order valence-corrected chi connectivity index (χ2v) is 11.5. The van der Waals surface area contributed by atoms with Crippen molar-refractivity contribution in [2.75, 3.05) is 6.54 Å². The number of carbonyl (C=O) groups excluding carboxylic acids is 2. The average Bonchev–Trinajstić information content (AvgIpc) is 3.02. The Morgan fingerprint density at radius 2 is 1.50 bits per heavy atom.